The van der Waals surface area contributed by atoms with Gasteiger partial charge in [0.25, 0.3) is 0 Å². The Morgan fingerprint density at radius 3 is 2.55 bits per heavy atom. The van der Waals surface area contributed by atoms with Crippen LogP contribution in [0.4, 0.5) is 4.39 Å². The number of aryl methyl sites for hydroxylation is 1. The standard InChI is InChI=1S/C14H18FN3O2/c1-16-13(14-12(20-4)8-17-18(14)2)9-5-6-10(15)11(7-9)19-3/h5-8,13,16H,1-4H3. The smallest absolute Gasteiger partial charge is 0.165 e. The molecule has 1 N–H and O–H groups in total. The molecule has 1 atom stereocenters. The van der Waals surface area contributed by atoms with E-state index in [-0.39, 0.29) is 17.6 Å². The fourth-order valence-corrected chi connectivity index (χ4v) is 2.23. The second-order valence-electron chi connectivity index (χ2n) is 4.34. The number of nitrogens with zero attached hydrogens (tertiary/aromatic N) is 2. The van der Waals surface area contributed by atoms with Crippen molar-refractivity contribution in [2.75, 3.05) is 21.3 Å². The number of methoxy groups -OCH3 is 2. The fourth-order valence-electron chi connectivity index (χ4n) is 2.23. The Bertz CT molecular complexity index is 598. The molecule has 0 saturated heterocycles. The predicted molar refractivity (Wildman–Crippen MR) is 73.6 cm³/mol. The van der Waals surface area contributed by atoms with Crippen molar-refractivity contribution in [3.63, 3.8) is 0 Å². The van der Waals surface area contributed by atoms with Gasteiger partial charge in [-0.3, -0.25) is 4.68 Å². The van der Waals surface area contributed by atoms with Crippen molar-refractivity contribution in [1.29, 1.82) is 0 Å². The minimum absolute atomic E-state index is 0.174. The van der Waals surface area contributed by atoms with Gasteiger partial charge in [-0.2, -0.15) is 5.10 Å². The molecule has 5 nitrogen and oxygen atoms in total. The monoisotopic (exact) mass is 279 g/mol. The van der Waals surface area contributed by atoms with Crippen molar-refractivity contribution >= 4 is 0 Å². The summed E-state index contributed by atoms with van der Waals surface area (Å²) in [6.07, 6.45) is 1.65. The molecular formula is C14H18FN3O2. The zero-order valence-corrected chi connectivity index (χ0v) is 12.0. The maximum Gasteiger partial charge on any atom is 0.165 e. The van der Waals surface area contributed by atoms with Crippen molar-refractivity contribution in [2.24, 2.45) is 7.05 Å². The van der Waals surface area contributed by atoms with Crippen LogP contribution >= 0.6 is 0 Å². The van der Waals surface area contributed by atoms with Gasteiger partial charge in [0.2, 0.25) is 0 Å². The zero-order chi connectivity index (χ0) is 14.7. The molecular weight excluding hydrogens is 261 g/mol. The third-order valence-corrected chi connectivity index (χ3v) is 3.24. The van der Waals surface area contributed by atoms with E-state index in [0.29, 0.717) is 5.75 Å². The minimum atomic E-state index is -0.386. The van der Waals surface area contributed by atoms with Crippen molar-refractivity contribution in [3.8, 4) is 11.5 Å². The first-order valence-corrected chi connectivity index (χ1v) is 6.19. The van der Waals surface area contributed by atoms with Crippen LogP contribution in [0.3, 0.4) is 0 Å². The maximum absolute atomic E-state index is 13.5. The van der Waals surface area contributed by atoms with Crippen LogP contribution in [0.2, 0.25) is 0 Å². The topological polar surface area (TPSA) is 48.3 Å². The van der Waals surface area contributed by atoms with E-state index in [0.717, 1.165) is 11.3 Å². The third-order valence-electron chi connectivity index (χ3n) is 3.24. The second-order valence-corrected chi connectivity index (χ2v) is 4.34. The highest BCUT2D eigenvalue weighted by Crippen LogP contribution is 2.31. The number of aromatic nitrogens is 2. The highest BCUT2D eigenvalue weighted by Gasteiger charge is 2.22. The Kier molecular flexibility index (Phi) is 4.24. The Morgan fingerprint density at radius 1 is 1.25 bits per heavy atom. The summed E-state index contributed by atoms with van der Waals surface area (Å²) in [6, 6.07) is 4.60. The molecule has 1 aromatic carbocycles. The van der Waals surface area contributed by atoms with Gasteiger partial charge in [-0.15, -0.1) is 0 Å². The molecule has 0 radical (unpaired) electrons. The molecule has 1 aromatic heterocycles. The number of nitrogens with one attached hydrogen (secondary N) is 1. The van der Waals surface area contributed by atoms with E-state index < -0.39 is 0 Å². The van der Waals surface area contributed by atoms with E-state index in [1.807, 2.05) is 14.1 Å². The lowest BCUT2D eigenvalue weighted by Gasteiger charge is -2.19. The second kappa shape index (κ2) is 5.92. The van der Waals surface area contributed by atoms with Gasteiger partial charge >= 0.3 is 0 Å². The molecule has 1 heterocycles. The Morgan fingerprint density at radius 2 is 1.95 bits per heavy atom. The highest BCUT2D eigenvalue weighted by atomic mass is 19.1. The summed E-state index contributed by atoms with van der Waals surface area (Å²) in [5.41, 5.74) is 1.73. The summed E-state index contributed by atoms with van der Waals surface area (Å²) in [5, 5.41) is 7.38. The molecule has 2 aromatic rings. The maximum atomic E-state index is 13.5. The molecule has 0 saturated carbocycles. The zero-order valence-electron chi connectivity index (χ0n) is 12.0. The largest absolute Gasteiger partial charge is 0.494 e. The lowest BCUT2D eigenvalue weighted by Crippen LogP contribution is -2.21. The summed E-state index contributed by atoms with van der Waals surface area (Å²) >= 11 is 0. The van der Waals surface area contributed by atoms with Gasteiger partial charge in [0.05, 0.1) is 26.5 Å². The highest BCUT2D eigenvalue weighted by molar-refractivity contribution is 5.40. The van der Waals surface area contributed by atoms with Crippen LogP contribution in [0.5, 0.6) is 11.5 Å². The molecule has 108 valence electrons. The van der Waals surface area contributed by atoms with Crippen LogP contribution in [-0.4, -0.2) is 31.0 Å². The molecule has 0 aliphatic carbocycles. The van der Waals surface area contributed by atoms with Crippen LogP contribution in [0.25, 0.3) is 0 Å². The quantitative estimate of drug-likeness (QED) is 0.908. The number of hydrogen-bond acceptors (Lipinski definition) is 4. The van der Waals surface area contributed by atoms with E-state index >= 15 is 0 Å². The summed E-state index contributed by atoms with van der Waals surface area (Å²) in [4.78, 5) is 0. The normalized spacial score (nSPS) is 12.2. The summed E-state index contributed by atoms with van der Waals surface area (Å²) in [5.74, 6) is 0.502. The predicted octanol–water partition coefficient (Wildman–Crippen LogP) is 1.89. The third kappa shape index (κ3) is 2.46. The molecule has 6 heteroatoms. The summed E-state index contributed by atoms with van der Waals surface area (Å²) < 4.78 is 25.6. The van der Waals surface area contributed by atoms with Gasteiger partial charge in [-0.25, -0.2) is 4.39 Å². The number of ether oxygens (including phenoxy) is 2. The van der Waals surface area contributed by atoms with Gasteiger partial charge in [-0.05, 0) is 24.7 Å². The number of hydrogen-bond donors (Lipinski definition) is 1. The number of halogens is 1. The van der Waals surface area contributed by atoms with E-state index in [1.165, 1.54) is 13.2 Å². The first-order valence-electron chi connectivity index (χ1n) is 6.19. The van der Waals surface area contributed by atoms with Gasteiger partial charge in [0.15, 0.2) is 17.3 Å². The Balaban J connectivity index is 2.49. The molecule has 0 aliphatic rings. The van der Waals surface area contributed by atoms with Crippen LogP contribution in [0.1, 0.15) is 17.3 Å². The first-order chi connectivity index (χ1) is 9.62. The van der Waals surface area contributed by atoms with Crippen molar-refractivity contribution in [2.45, 2.75) is 6.04 Å². The van der Waals surface area contributed by atoms with Crippen LogP contribution < -0.4 is 14.8 Å². The Labute approximate surface area is 117 Å². The molecule has 0 spiro atoms. The molecule has 2 rings (SSSR count). The SMILES string of the molecule is CNC(c1ccc(F)c(OC)c1)c1c(OC)cnn1C. The molecule has 0 aliphatic heterocycles. The van der Waals surface area contributed by atoms with Crippen LogP contribution in [-0.2, 0) is 7.05 Å². The van der Waals surface area contributed by atoms with Gasteiger partial charge in [0, 0.05) is 7.05 Å². The fraction of sp³-hybridized carbons (Fsp3) is 0.357. The lowest BCUT2D eigenvalue weighted by molar-refractivity contribution is 0.384. The average Bonchev–Trinajstić information content (AvgIpc) is 2.83. The number of benzene rings is 1. The first kappa shape index (κ1) is 14.3. The summed E-state index contributed by atoms with van der Waals surface area (Å²) in [6.45, 7) is 0. The molecule has 1 unspecified atom stereocenters. The molecule has 0 amide bonds. The average molecular weight is 279 g/mol. The van der Waals surface area contributed by atoms with Gasteiger partial charge in [0.1, 0.15) is 5.69 Å². The lowest BCUT2D eigenvalue weighted by atomic mass is 10.0. The van der Waals surface area contributed by atoms with Gasteiger partial charge < -0.3 is 14.8 Å². The van der Waals surface area contributed by atoms with Crippen molar-refractivity contribution in [1.82, 2.24) is 15.1 Å². The van der Waals surface area contributed by atoms with E-state index in [4.69, 9.17) is 9.47 Å². The number of rotatable bonds is 5. The van der Waals surface area contributed by atoms with Crippen molar-refractivity contribution < 1.29 is 13.9 Å². The molecule has 20 heavy (non-hydrogen) atoms. The van der Waals surface area contributed by atoms with Gasteiger partial charge in [-0.1, -0.05) is 6.07 Å². The molecule has 0 bridgehead atoms. The van der Waals surface area contributed by atoms with E-state index in [2.05, 4.69) is 10.4 Å². The minimum Gasteiger partial charge on any atom is -0.494 e. The Hall–Kier alpha value is -2.08. The van der Waals surface area contributed by atoms with Crippen LogP contribution in [0, 0.1) is 5.82 Å². The van der Waals surface area contributed by atoms with Crippen molar-refractivity contribution in [3.05, 3.63) is 41.5 Å². The summed E-state index contributed by atoms with van der Waals surface area (Å²) in [7, 11) is 6.70. The van der Waals surface area contributed by atoms with E-state index in [1.54, 1.807) is 30.1 Å². The van der Waals surface area contributed by atoms with Crippen LogP contribution in [0.15, 0.2) is 24.4 Å². The van der Waals surface area contributed by atoms with E-state index in [9.17, 15) is 4.39 Å². The molecule has 0 fully saturated rings.